The first-order valence-corrected chi connectivity index (χ1v) is 6.85. The molecule has 0 aliphatic heterocycles. The summed E-state index contributed by atoms with van der Waals surface area (Å²) in [6, 6.07) is 4.70. The molecule has 1 heterocycles. The van der Waals surface area contributed by atoms with Gasteiger partial charge in [-0.25, -0.2) is 0 Å². The maximum absolute atomic E-state index is 9.94. The fourth-order valence-corrected chi connectivity index (χ4v) is 2.41. The van der Waals surface area contributed by atoms with Gasteiger partial charge in [-0.05, 0) is 38.6 Å². The molecule has 0 saturated carbocycles. The Morgan fingerprint density at radius 2 is 2.19 bits per heavy atom. The van der Waals surface area contributed by atoms with Crippen molar-refractivity contribution >= 4 is 11.3 Å². The lowest BCUT2D eigenvalue weighted by Crippen LogP contribution is -2.45. The highest BCUT2D eigenvalue weighted by atomic mass is 32.1. The van der Waals surface area contributed by atoms with Crippen molar-refractivity contribution in [2.75, 3.05) is 0 Å². The zero-order valence-electron chi connectivity index (χ0n) is 10.7. The minimum Gasteiger partial charge on any atom is -0.389 e. The van der Waals surface area contributed by atoms with Crippen LogP contribution in [0, 0.1) is 0 Å². The van der Waals surface area contributed by atoms with Crippen LogP contribution in [0.4, 0.5) is 0 Å². The molecule has 3 heteroatoms. The Balaban J connectivity index is 2.66. The van der Waals surface area contributed by atoms with E-state index < -0.39 is 5.60 Å². The van der Waals surface area contributed by atoms with E-state index >= 15 is 0 Å². The summed E-state index contributed by atoms with van der Waals surface area (Å²) in [6.45, 7) is 7.93. The first kappa shape index (κ1) is 13.7. The number of rotatable bonds is 6. The molecule has 0 fully saturated rings. The van der Waals surface area contributed by atoms with Gasteiger partial charge < -0.3 is 10.4 Å². The first-order valence-electron chi connectivity index (χ1n) is 5.97. The lowest BCUT2D eigenvalue weighted by Gasteiger charge is -2.31. The topological polar surface area (TPSA) is 32.3 Å². The number of hydrogen-bond donors (Lipinski definition) is 2. The van der Waals surface area contributed by atoms with Gasteiger partial charge in [-0.2, -0.15) is 0 Å². The summed E-state index contributed by atoms with van der Waals surface area (Å²) in [5, 5.41) is 15.6. The molecule has 2 unspecified atom stereocenters. The van der Waals surface area contributed by atoms with Crippen molar-refractivity contribution in [3.05, 3.63) is 22.4 Å². The van der Waals surface area contributed by atoms with Gasteiger partial charge in [0.15, 0.2) is 0 Å². The molecule has 2 atom stereocenters. The van der Waals surface area contributed by atoms with Crippen molar-refractivity contribution in [1.29, 1.82) is 0 Å². The molecule has 0 saturated heterocycles. The largest absolute Gasteiger partial charge is 0.389 e. The van der Waals surface area contributed by atoms with Crippen molar-refractivity contribution in [2.45, 2.75) is 58.2 Å². The molecular formula is C13H23NOS. The molecule has 0 radical (unpaired) electrons. The van der Waals surface area contributed by atoms with E-state index in [4.69, 9.17) is 0 Å². The van der Waals surface area contributed by atoms with Crippen LogP contribution in [0.15, 0.2) is 17.5 Å². The molecule has 92 valence electrons. The number of nitrogens with one attached hydrogen (secondary N) is 1. The molecule has 1 aromatic heterocycles. The van der Waals surface area contributed by atoms with Crippen LogP contribution in [0.2, 0.25) is 0 Å². The summed E-state index contributed by atoms with van der Waals surface area (Å²) in [5.41, 5.74) is -0.677. The smallest absolute Gasteiger partial charge is 0.0741 e. The highest BCUT2D eigenvalue weighted by Crippen LogP contribution is 2.25. The van der Waals surface area contributed by atoms with Crippen molar-refractivity contribution in [2.24, 2.45) is 0 Å². The van der Waals surface area contributed by atoms with Gasteiger partial charge in [0, 0.05) is 17.0 Å². The molecule has 0 aliphatic rings. The van der Waals surface area contributed by atoms with Gasteiger partial charge in [-0.1, -0.05) is 19.4 Å². The van der Waals surface area contributed by atoms with Gasteiger partial charge >= 0.3 is 0 Å². The molecule has 1 aromatic rings. The van der Waals surface area contributed by atoms with E-state index in [0.717, 1.165) is 12.8 Å². The molecule has 0 aromatic carbocycles. The molecular weight excluding hydrogens is 218 g/mol. The predicted octanol–water partition coefficient (Wildman–Crippen LogP) is 3.34. The Morgan fingerprint density at radius 3 is 2.62 bits per heavy atom. The lowest BCUT2D eigenvalue weighted by atomic mass is 9.98. The van der Waals surface area contributed by atoms with Crippen molar-refractivity contribution in [3.63, 3.8) is 0 Å². The zero-order chi connectivity index (χ0) is 12.2. The van der Waals surface area contributed by atoms with Crippen LogP contribution in [0.3, 0.4) is 0 Å². The van der Waals surface area contributed by atoms with Crippen LogP contribution in [0.5, 0.6) is 0 Å². The third-order valence-electron chi connectivity index (χ3n) is 2.97. The van der Waals surface area contributed by atoms with Crippen molar-refractivity contribution < 1.29 is 5.11 Å². The highest BCUT2D eigenvalue weighted by molar-refractivity contribution is 7.10. The number of thiophene rings is 1. The molecule has 0 bridgehead atoms. The summed E-state index contributed by atoms with van der Waals surface area (Å²) >= 11 is 1.78. The molecule has 0 amide bonds. The molecule has 1 rings (SSSR count). The van der Waals surface area contributed by atoms with Gasteiger partial charge in [0.2, 0.25) is 0 Å². The second kappa shape index (κ2) is 5.80. The van der Waals surface area contributed by atoms with E-state index in [1.165, 1.54) is 4.88 Å². The van der Waals surface area contributed by atoms with Crippen LogP contribution >= 0.6 is 11.3 Å². The van der Waals surface area contributed by atoms with E-state index in [9.17, 15) is 5.11 Å². The Hall–Kier alpha value is -0.380. The molecule has 16 heavy (non-hydrogen) atoms. The zero-order valence-corrected chi connectivity index (χ0v) is 11.5. The predicted molar refractivity (Wildman–Crippen MR) is 70.9 cm³/mol. The lowest BCUT2D eigenvalue weighted by molar-refractivity contribution is 0.0394. The normalized spacial score (nSPS) is 16.1. The van der Waals surface area contributed by atoms with Crippen LogP contribution in [-0.4, -0.2) is 16.7 Å². The van der Waals surface area contributed by atoms with E-state index in [-0.39, 0.29) is 6.04 Å². The summed E-state index contributed by atoms with van der Waals surface area (Å²) < 4.78 is 0. The highest BCUT2D eigenvalue weighted by Gasteiger charge is 2.25. The van der Waals surface area contributed by atoms with Crippen LogP contribution in [0.1, 0.15) is 51.5 Å². The maximum Gasteiger partial charge on any atom is 0.0741 e. The number of aliphatic hydroxyl groups is 1. The monoisotopic (exact) mass is 241 g/mol. The third kappa shape index (κ3) is 3.89. The van der Waals surface area contributed by atoms with Gasteiger partial charge in [-0.3, -0.25) is 0 Å². The molecule has 0 spiro atoms. The second-order valence-corrected chi connectivity index (χ2v) is 5.88. The summed E-state index contributed by atoms with van der Waals surface area (Å²) in [4.78, 5) is 1.36. The summed E-state index contributed by atoms with van der Waals surface area (Å²) in [6.07, 6.45) is 2.26. The van der Waals surface area contributed by atoms with Gasteiger partial charge in [-0.15, -0.1) is 11.3 Å². The Bertz CT molecular complexity index is 289. The molecule has 2 nitrogen and oxygen atoms in total. The third-order valence-corrected chi connectivity index (χ3v) is 3.96. The van der Waals surface area contributed by atoms with E-state index in [2.05, 4.69) is 29.8 Å². The Morgan fingerprint density at radius 1 is 1.50 bits per heavy atom. The summed E-state index contributed by atoms with van der Waals surface area (Å²) in [5.74, 6) is 0. The van der Waals surface area contributed by atoms with E-state index in [0.29, 0.717) is 6.04 Å². The Kier molecular flexibility index (Phi) is 4.96. The SMILES string of the molecule is CCCC(NC(C)C(C)(C)O)c1cccs1. The van der Waals surface area contributed by atoms with Crippen molar-refractivity contribution in [3.8, 4) is 0 Å². The Labute approximate surface area is 103 Å². The van der Waals surface area contributed by atoms with Gasteiger partial charge in [0.05, 0.1) is 5.60 Å². The molecule has 0 aliphatic carbocycles. The maximum atomic E-state index is 9.94. The van der Waals surface area contributed by atoms with Gasteiger partial charge in [0.1, 0.15) is 0 Å². The minimum absolute atomic E-state index is 0.0890. The minimum atomic E-state index is -0.677. The average Bonchev–Trinajstić information content (AvgIpc) is 2.68. The van der Waals surface area contributed by atoms with Crippen molar-refractivity contribution in [1.82, 2.24) is 5.32 Å². The average molecular weight is 241 g/mol. The fraction of sp³-hybridized carbons (Fsp3) is 0.692. The second-order valence-electron chi connectivity index (χ2n) is 4.90. The van der Waals surface area contributed by atoms with Crippen LogP contribution in [-0.2, 0) is 0 Å². The van der Waals surface area contributed by atoms with E-state index in [1.807, 2.05) is 20.8 Å². The number of hydrogen-bond acceptors (Lipinski definition) is 3. The van der Waals surface area contributed by atoms with E-state index in [1.54, 1.807) is 11.3 Å². The fourth-order valence-electron chi connectivity index (χ4n) is 1.59. The first-order chi connectivity index (χ1) is 7.45. The van der Waals surface area contributed by atoms with Crippen LogP contribution < -0.4 is 5.32 Å². The quantitative estimate of drug-likeness (QED) is 0.800. The molecule has 2 N–H and O–H groups in total. The summed E-state index contributed by atoms with van der Waals surface area (Å²) in [7, 11) is 0. The standard InChI is InChI=1S/C13H23NOS/c1-5-7-11(12-8-6-9-16-12)14-10(2)13(3,4)15/h6,8-11,14-15H,5,7H2,1-4H3. The van der Waals surface area contributed by atoms with Gasteiger partial charge in [0.25, 0.3) is 0 Å². The van der Waals surface area contributed by atoms with Crippen LogP contribution in [0.25, 0.3) is 0 Å².